The van der Waals surface area contributed by atoms with Gasteiger partial charge in [0.15, 0.2) is 5.13 Å². The zero-order chi connectivity index (χ0) is 22.5. The lowest BCUT2D eigenvalue weighted by atomic mass is 10.1. The Labute approximate surface area is 199 Å². The molecular weight excluding hydrogens is 460 g/mol. The van der Waals surface area contributed by atoms with Crippen LogP contribution >= 0.6 is 22.9 Å². The van der Waals surface area contributed by atoms with Crippen molar-refractivity contribution in [3.63, 3.8) is 0 Å². The highest BCUT2D eigenvalue weighted by molar-refractivity contribution is 7.17. The fourth-order valence-corrected chi connectivity index (χ4v) is 5.01. The van der Waals surface area contributed by atoms with Crippen LogP contribution in [0.3, 0.4) is 0 Å². The Morgan fingerprint density at radius 3 is 2.91 bits per heavy atom. The van der Waals surface area contributed by atoms with E-state index < -0.39 is 0 Å². The van der Waals surface area contributed by atoms with Crippen LogP contribution in [0.4, 0.5) is 5.13 Å². The summed E-state index contributed by atoms with van der Waals surface area (Å²) in [6.45, 7) is 2.61. The summed E-state index contributed by atoms with van der Waals surface area (Å²) in [5, 5.41) is 14.7. The molecule has 1 aromatic carbocycles. The molecule has 0 unspecified atom stereocenters. The summed E-state index contributed by atoms with van der Waals surface area (Å²) in [4.78, 5) is 20.3. The fourth-order valence-electron chi connectivity index (χ4n) is 3.91. The molecule has 6 rings (SSSR count). The third-order valence-corrected chi connectivity index (χ3v) is 7.38. The third kappa shape index (κ3) is 4.22. The molecule has 0 spiro atoms. The van der Waals surface area contributed by atoms with Crippen molar-refractivity contribution in [2.24, 2.45) is 5.92 Å². The Kier molecular flexibility index (Phi) is 5.10. The average Bonchev–Trinajstić information content (AvgIpc) is 3.72. The molecule has 3 heterocycles. The third-order valence-electron chi connectivity index (χ3n) is 6.18. The van der Waals surface area contributed by atoms with Gasteiger partial charge in [0.05, 0.1) is 41.3 Å². The number of halogens is 1. The van der Waals surface area contributed by atoms with Gasteiger partial charge >= 0.3 is 0 Å². The molecule has 2 fully saturated rings. The van der Waals surface area contributed by atoms with E-state index in [0.717, 1.165) is 21.2 Å². The van der Waals surface area contributed by atoms with E-state index in [9.17, 15) is 4.79 Å². The number of hydrogen-bond donors (Lipinski definition) is 2. The monoisotopic (exact) mass is 482 g/mol. The maximum atomic E-state index is 12.8. The molecule has 0 saturated heterocycles. The van der Waals surface area contributed by atoms with Gasteiger partial charge in [-0.25, -0.2) is 9.67 Å². The van der Waals surface area contributed by atoms with Gasteiger partial charge in [-0.3, -0.25) is 4.79 Å². The Morgan fingerprint density at radius 2 is 2.12 bits per heavy atom. The van der Waals surface area contributed by atoms with Crippen molar-refractivity contribution < 1.29 is 4.74 Å². The van der Waals surface area contributed by atoms with Crippen LogP contribution in [0.25, 0.3) is 15.9 Å². The first-order valence-corrected chi connectivity index (χ1v) is 12.4. The number of H-pyrrole nitrogens is 1. The smallest absolute Gasteiger partial charge is 0.253 e. The number of rotatable bonds is 8. The van der Waals surface area contributed by atoms with Gasteiger partial charge in [-0.05, 0) is 50.7 Å². The molecule has 10 heteroatoms. The number of nitrogens with one attached hydrogen (secondary N) is 2. The SMILES string of the molecule is C[C@H](Nc1ncc(-n2nncc2C2CC2)s1)c1cc2cc(Cl)c(OCC3CC3)cc2[nH]c1=O. The number of hydrogen-bond acceptors (Lipinski definition) is 7. The summed E-state index contributed by atoms with van der Waals surface area (Å²) in [7, 11) is 0. The number of nitrogens with zero attached hydrogens (tertiary/aromatic N) is 4. The molecule has 2 saturated carbocycles. The first-order chi connectivity index (χ1) is 16.0. The van der Waals surface area contributed by atoms with Crippen LogP contribution in [0.5, 0.6) is 5.75 Å². The summed E-state index contributed by atoms with van der Waals surface area (Å²) in [5.74, 6) is 1.78. The number of pyridine rings is 1. The van der Waals surface area contributed by atoms with E-state index in [1.54, 1.807) is 6.20 Å². The number of ether oxygens (including phenoxy) is 1. The fraction of sp³-hybridized carbons (Fsp3) is 0.391. The molecule has 0 aliphatic heterocycles. The minimum absolute atomic E-state index is 0.151. The zero-order valence-corrected chi connectivity index (χ0v) is 19.6. The van der Waals surface area contributed by atoms with E-state index >= 15 is 0 Å². The lowest BCUT2D eigenvalue weighted by molar-refractivity contribution is 0.300. The van der Waals surface area contributed by atoms with Gasteiger partial charge in [-0.15, -0.1) is 5.10 Å². The van der Waals surface area contributed by atoms with E-state index in [0.29, 0.717) is 40.3 Å². The topological polar surface area (TPSA) is 97.7 Å². The molecular formula is C23H23ClN6O2S. The normalized spacial score (nSPS) is 16.8. The van der Waals surface area contributed by atoms with Crippen molar-refractivity contribution in [2.75, 3.05) is 11.9 Å². The zero-order valence-electron chi connectivity index (χ0n) is 18.0. The number of aromatic nitrogens is 5. The second-order valence-electron chi connectivity index (χ2n) is 8.89. The van der Waals surface area contributed by atoms with E-state index in [-0.39, 0.29) is 11.6 Å². The number of anilines is 1. The molecule has 4 aromatic rings. The van der Waals surface area contributed by atoms with Crippen molar-refractivity contribution in [3.05, 3.63) is 57.2 Å². The van der Waals surface area contributed by atoms with Gasteiger partial charge in [0.25, 0.3) is 5.56 Å². The molecule has 2 aliphatic rings. The van der Waals surface area contributed by atoms with Crippen molar-refractivity contribution in [2.45, 2.75) is 44.6 Å². The standard InChI is InChI=1S/C23H23ClN6O2S/c1-12(27-23-25-10-21(33-23)30-19(9-26-29-30)14-4-5-14)16-6-15-7-17(24)20(32-11-13-2-3-13)8-18(15)28-22(16)31/h6-10,12-14H,2-5,11H2,1H3,(H,25,27)(H,28,31)/t12-/m0/s1. The van der Waals surface area contributed by atoms with E-state index in [1.807, 2.05) is 36.0 Å². The summed E-state index contributed by atoms with van der Waals surface area (Å²) >= 11 is 7.93. The Hall–Kier alpha value is -2.91. The Morgan fingerprint density at radius 1 is 1.27 bits per heavy atom. The Balaban J connectivity index is 1.23. The molecule has 1 atom stereocenters. The quantitative estimate of drug-likeness (QED) is 0.364. The maximum absolute atomic E-state index is 12.8. The highest BCUT2D eigenvalue weighted by atomic mass is 35.5. The van der Waals surface area contributed by atoms with Gasteiger partial charge in [0, 0.05) is 22.9 Å². The summed E-state index contributed by atoms with van der Waals surface area (Å²) in [6, 6.07) is 5.28. The van der Waals surface area contributed by atoms with Crippen molar-refractivity contribution in [1.82, 2.24) is 25.0 Å². The van der Waals surface area contributed by atoms with Crippen molar-refractivity contribution in [3.8, 4) is 10.8 Å². The largest absolute Gasteiger partial charge is 0.492 e. The number of fused-ring (bicyclic) bond motifs is 1. The number of aromatic amines is 1. The molecule has 0 amide bonds. The first kappa shape index (κ1) is 20.7. The van der Waals surface area contributed by atoms with Gasteiger partial charge < -0.3 is 15.0 Å². The van der Waals surface area contributed by atoms with Gasteiger partial charge in [-0.2, -0.15) is 0 Å². The molecule has 0 radical (unpaired) electrons. The predicted octanol–water partition coefficient (Wildman–Crippen LogP) is 5.06. The van der Waals surface area contributed by atoms with Crippen molar-refractivity contribution in [1.29, 1.82) is 0 Å². The van der Waals surface area contributed by atoms with Crippen LogP contribution in [0.1, 0.15) is 55.8 Å². The van der Waals surface area contributed by atoms with Crippen LogP contribution in [-0.2, 0) is 0 Å². The minimum Gasteiger partial charge on any atom is -0.492 e. The summed E-state index contributed by atoms with van der Waals surface area (Å²) < 4.78 is 7.70. The molecule has 8 nitrogen and oxygen atoms in total. The molecule has 33 heavy (non-hydrogen) atoms. The second-order valence-corrected chi connectivity index (χ2v) is 10.3. The predicted molar refractivity (Wildman–Crippen MR) is 129 cm³/mol. The van der Waals surface area contributed by atoms with Gasteiger partial charge in [0.1, 0.15) is 10.8 Å². The van der Waals surface area contributed by atoms with Gasteiger partial charge in [-0.1, -0.05) is 28.2 Å². The average molecular weight is 483 g/mol. The molecule has 2 aliphatic carbocycles. The lowest BCUT2D eigenvalue weighted by Crippen LogP contribution is -2.19. The number of thiazole rings is 1. The molecule has 0 bridgehead atoms. The van der Waals surface area contributed by atoms with E-state index in [1.165, 1.54) is 37.0 Å². The van der Waals surface area contributed by atoms with Crippen molar-refractivity contribution >= 4 is 39.0 Å². The molecule has 3 aromatic heterocycles. The second kappa shape index (κ2) is 8.14. The van der Waals surface area contributed by atoms with Crippen LogP contribution in [0, 0.1) is 5.92 Å². The lowest BCUT2D eigenvalue weighted by Gasteiger charge is -2.14. The molecule has 2 N–H and O–H groups in total. The molecule has 170 valence electrons. The van der Waals surface area contributed by atoms with Crippen LogP contribution in [-0.4, -0.2) is 31.6 Å². The first-order valence-electron chi connectivity index (χ1n) is 11.2. The van der Waals surface area contributed by atoms with Crippen LogP contribution < -0.4 is 15.6 Å². The number of benzene rings is 1. The maximum Gasteiger partial charge on any atom is 0.253 e. The van der Waals surface area contributed by atoms with Gasteiger partial charge in [0.2, 0.25) is 0 Å². The summed E-state index contributed by atoms with van der Waals surface area (Å²) in [5.41, 5.74) is 2.30. The summed E-state index contributed by atoms with van der Waals surface area (Å²) in [6.07, 6.45) is 8.38. The minimum atomic E-state index is -0.250. The van der Waals surface area contributed by atoms with Crippen LogP contribution in [0.15, 0.2) is 35.4 Å². The van der Waals surface area contributed by atoms with E-state index in [2.05, 4.69) is 25.6 Å². The van der Waals surface area contributed by atoms with Crippen LogP contribution in [0.2, 0.25) is 5.02 Å². The highest BCUT2D eigenvalue weighted by Crippen LogP contribution is 2.41. The highest BCUT2D eigenvalue weighted by Gasteiger charge is 2.28. The van der Waals surface area contributed by atoms with E-state index in [4.69, 9.17) is 16.3 Å². The Bertz CT molecular complexity index is 1390.